The van der Waals surface area contributed by atoms with E-state index in [2.05, 4.69) is 47.9 Å². The smallest absolute Gasteiger partial charge is 0.263 e. The minimum atomic E-state index is -0.188. The van der Waals surface area contributed by atoms with Gasteiger partial charge in [0, 0.05) is 32.7 Å². The largest absolute Gasteiger partial charge is 0.368 e. The summed E-state index contributed by atoms with van der Waals surface area (Å²) in [6, 6.07) is 16.6. The second kappa shape index (κ2) is 9.12. The number of benzene rings is 2. The van der Waals surface area contributed by atoms with E-state index in [4.69, 9.17) is 0 Å². The van der Waals surface area contributed by atoms with Crippen molar-refractivity contribution < 1.29 is 9.59 Å². The van der Waals surface area contributed by atoms with Crippen molar-refractivity contribution in [3.8, 4) is 0 Å². The molecule has 1 aromatic heterocycles. The van der Waals surface area contributed by atoms with Gasteiger partial charge in [0.2, 0.25) is 0 Å². The van der Waals surface area contributed by atoms with Crippen molar-refractivity contribution in [3.05, 3.63) is 87.1 Å². The highest BCUT2D eigenvalue weighted by Crippen LogP contribution is 2.33. The summed E-state index contributed by atoms with van der Waals surface area (Å²) in [6.07, 6.45) is 0. The van der Waals surface area contributed by atoms with Crippen LogP contribution in [0.1, 0.15) is 57.2 Å². The van der Waals surface area contributed by atoms with Crippen molar-refractivity contribution in [2.24, 2.45) is 0 Å². The van der Waals surface area contributed by atoms with Crippen molar-refractivity contribution in [1.82, 2.24) is 9.80 Å². The van der Waals surface area contributed by atoms with Gasteiger partial charge in [0.15, 0.2) is 0 Å². The minimum Gasteiger partial charge on any atom is -0.368 e. The molecule has 6 heteroatoms. The van der Waals surface area contributed by atoms with E-state index in [0.29, 0.717) is 23.6 Å². The summed E-state index contributed by atoms with van der Waals surface area (Å²) in [6.45, 7) is 9.23. The number of fused-ring (bicyclic) bond motifs is 1. The number of piperazine rings is 1. The van der Waals surface area contributed by atoms with E-state index in [9.17, 15) is 9.59 Å². The molecule has 0 aliphatic carbocycles. The molecule has 2 amide bonds. The third kappa shape index (κ3) is 4.33. The van der Waals surface area contributed by atoms with Crippen molar-refractivity contribution in [2.75, 3.05) is 31.1 Å². The Bertz CT molecular complexity index is 1150. The van der Waals surface area contributed by atoms with Crippen molar-refractivity contribution in [2.45, 2.75) is 32.9 Å². The molecule has 1 saturated heterocycles. The van der Waals surface area contributed by atoms with Gasteiger partial charge in [-0.15, -0.1) is 0 Å². The van der Waals surface area contributed by atoms with Gasteiger partial charge in [-0.1, -0.05) is 44.2 Å². The Morgan fingerprint density at radius 2 is 1.61 bits per heavy atom. The van der Waals surface area contributed by atoms with Crippen LogP contribution in [0, 0.1) is 0 Å². The van der Waals surface area contributed by atoms with E-state index in [1.54, 1.807) is 17.4 Å². The average molecular weight is 460 g/mol. The van der Waals surface area contributed by atoms with Gasteiger partial charge >= 0.3 is 0 Å². The standard InChI is InChI=1S/C27H29N3O2S/c1-19(2)22-8-6-20(7-9-22)16-28-11-13-29(14-12-28)24-5-3-4-23-25(24)27(32)30(26(23)31)17-21-10-15-33-18-21/h3-10,15,18-19H,11-14,16-17H2,1-2H3. The fourth-order valence-electron chi connectivity index (χ4n) is 4.70. The highest BCUT2D eigenvalue weighted by Gasteiger charge is 2.38. The van der Waals surface area contributed by atoms with Gasteiger partial charge in [-0.3, -0.25) is 19.4 Å². The number of carbonyl (C=O) groups is 2. The van der Waals surface area contributed by atoms with Crippen LogP contribution < -0.4 is 4.90 Å². The predicted octanol–water partition coefficient (Wildman–Crippen LogP) is 4.99. The number of anilines is 1. The Morgan fingerprint density at radius 1 is 0.848 bits per heavy atom. The number of nitrogens with zero attached hydrogens (tertiary/aromatic N) is 3. The minimum absolute atomic E-state index is 0.176. The molecule has 0 N–H and O–H groups in total. The summed E-state index contributed by atoms with van der Waals surface area (Å²) in [4.78, 5) is 32.3. The molecule has 3 heterocycles. The zero-order chi connectivity index (χ0) is 22.9. The Morgan fingerprint density at radius 3 is 2.27 bits per heavy atom. The number of hydrogen-bond acceptors (Lipinski definition) is 5. The Kier molecular flexibility index (Phi) is 6.04. The maximum absolute atomic E-state index is 13.2. The second-order valence-corrected chi connectivity index (χ2v) is 9.97. The van der Waals surface area contributed by atoms with E-state index < -0.39 is 0 Å². The van der Waals surface area contributed by atoms with E-state index in [-0.39, 0.29) is 11.8 Å². The Labute approximate surface area is 199 Å². The first-order chi connectivity index (χ1) is 16.0. The summed E-state index contributed by atoms with van der Waals surface area (Å²) >= 11 is 1.58. The topological polar surface area (TPSA) is 43.9 Å². The van der Waals surface area contributed by atoms with Gasteiger partial charge in [0.05, 0.1) is 23.4 Å². The molecule has 0 spiro atoms. The molecule has 170 valence electrons. The van der Waals surface area contributed by atoms with E-state index >= 15 is 0 Å². The zero-order valence-corrected chi connectivity index (χ0v) is 20.0. The first kappa shape index (κ1) is 21.9. The Hall–Kier alpha value is -2.96. The van der Waals surface area contributed by atoms with Gasteiger partial charge < -0.3 is 4.90 Å². The van der Waals surface area contributed by atoms with Crippen molar-refractivity contribution in [3.63, 3.8) is 0 Å². The highest BCUT2D eigenvalue weighted by atomic mass is 32.1. The van der Waals surface area contributed by atoms with Crippen LogP contribution in [0.3, 0.4) is 0 Å². The molecule has 1 fully saturated rings. The molecule has 2 aliphatic heterocycles. The number of carbonyl (C=O) groups excluding carboxylic acids is 2. The van der Waals surface area contributed by atoms with Crippen LogP contribution in [0.25, 0.3) is 0 Å². The van der Waals surface area contributed by atoms with Gasteiger partial charge in [-0.2, -0.15) is 11.3 Å². The number of amides is 2. The summed E-state index contributed by atoms with van der Waals surface area (Å²) in [5.74, 6) is 0.182. The maximum Gasteiger partial charge on any atom is 0.263 e. The summed E-state index contributed by atoms with van der Waals surface area (Å²) in [5.41, 5.74) is 5.67. The SMILES string of the molecule is CC(C)c1ccc(CN2CCN(c3cccc4c3C(=O)N(Cc3ccsc3)C4=O)CC2)cc1. The third-order valence-electron chi connectivity index (χ3n) is 6.66. The molecule has 0 radical (unpaired) electrons. The fraction of sp³-hybridized carbons (Fsp3) is 0.333. The molecular formula is C27H29N3O2S. The lowest BCUT2D eigenvalue weighted by Gasteiger charge is -2.36. The summed E-state index contributed by atoms with van der Waals surface area (Å²) in [5, 5.41) is 3.96. The molecule has 0 saturated carbocycles. The zero-order valence-electron chi connectivity index (χ0n) is 19.2. The monoisotopic (exact) mass is 459 g/mol. The van der Waals surface area contributed by atoms with Crippen LogP contribution in [0.5, 0.6) is 0 Å². The quantitative estimate of drug-likeness (QED) is 0.487. The van der Waals surface area contributed by atoms with E-state index in [1.807, 2.05) is 29.0 Å². The van der Waals surface area contributed by atoms with E-state index in [1.165, 1.54) is 16.0 Å². The lowest BCUT2D eigenvalue weighted by molar-refractivity contribution is 0.0642. The molecule has 33 heavy (non-hydrogen) atoms. The average Bonchev–Trinajstić information content (AvgIpc) is 3.43. The lowest BCUT2D eigenvalue weighted by atomic mass is 10.0. The number of rotatable bonds is 6. The first-order valence-corrected chi connectivity index (χ1v) is 12.5. The van der Waals surface area contributed by atoms with Gasteiger partial charge in [-0.25, -0.2) is 0 Å². The third-order valence-corrected chi connectivity index (χ3v) is 7.40. The van der Waals surface area contributed by atoms with Crippen molar-refractivity contribution >= 4 is 28.8 Å². The van der Waals surface area contributed by atoms with Crippen LogP contribution >= 0.6 is 11.3 Å². The first-order valence-electron chi connectivity index (χ1n) is 11.6. The van der Waals surface area contributed by atoms with Crippen LogP contribution in [0.15, 0.2) is 59.3 Å². The molecule has 0 unspecified atom stereocenters. The molecular weight excluding hydrogens is 430 g/mol. The molecule has 0 bridgehead atoms. The number of thiophene rings is 1. The predicted molar refractivity (Wildman–Crippen MR) is 133 cm³/mol. The fourth-order valence-corrected chi connectivity index (χ4v) is 5.36. The van der Waals surface area contributed by atoms with Gasteiger partial charge in [0.1, 0.15) is 0 Å². The van der Waals surface area contributed by atoms with Crippen LogP contribution in [0.4, 0.5) is 5.69 Å². The highest BCUT2D eigenvalue weighted by molar-refractivity contribution is 7.07. The lowest BCUT2D eigenvalue weighted by Crippen LogP contribution is -2.46. The summed E-state index contributed by atoms with van der Waals surface area (Å²) < 4.78 is 0. The van der Waals surface area contributed by atoms with Crippen LogP contribution in [0.2, 0.25) is 0 Å². The molecule has 5 rings (SSSR count). The normalized spacial score (nSPS) is 16.7. The molecule has 0 atom stereocenters. The van der Waals surface area contributed by atoms with Crippen molar-refractivity contribution in [1.29, 1.82) is 0 Å². The van der Waals surface area contributed by atoms with E-state index in [0.717, 1.165) is 44.0 Å². The molecule has 2 aliphatic rings. The second-order valence-electron chi connectivity index (χ2n) is 9.19. The van der Waals surface area contributed by atoms with Gasteiger partial charge in [-0.05, 0) is 51.6 Å². The van der Waals surface area contributed by atoms with Gasteiger partial charge in [0.25, 0.3) is 11.8 Å². The molecule has 5 nitrogen and oxygen atoms in total. The molecule has 2 aromatic carbocycles. The van der Waals surface area contributed by atoms with Crippen LogP contribution in [-0.4, -0.2) is 47.8 Å². The van der Waals surface area contributed by atoms with Crippen LogP contribution in [-0.2, 0) is 13.1 Å². The maximum atomic E-state index is 13.2. The summed E-state index contributed by atoms with van der Waals surface area (Å²) in [7, 11) is 0. The number of hydrogen-bond donors (Lipinski definition) is 0. The number of imide groups is 1. The Balaban J connectivity index is 1.27. The molecule has 3 aromatic rings.